The first-order chi connectivity index (χ1) is 5.72. The molecule has 0 unspecified atom stereocenters. The van der Waals surface area contributed by atoms with Crippen LogP contribution < -0.4 is 0 Å². The number of pyridine rings is 1. The lowest BCUT2D eigenvalue weighted by Crippen LogP contribution is -1.81. The maximum Gasteiger partial charge on any atom is 0.0944 e. The number of aromatic nitrogens is 1. The second kappa shape index (κ2) is 3.68. The minimum atomic E-state index is 0.709. The minimum Gasteiger partial charge on any atom is -0.262 e. The molecule has 0 spiro atoms. The van der Waals surface area contributed by atoms with E-state index in [1.54, 1.807) is 13.1 Å². The van der Waals surface area contributed by atoms with Gasteiger partial charge in [0, 0.05) is 17.5 Å². The van der Waals surface area contributed by atoms with Crippen LogP contribution in [0.2, 0.25) is 0 Å². The Morgan fingerprint density at radius 1 is 1.67 bits per heavy atom. The van der Waals surface area contributed by atoms with Crippen LogP contribution in [0, 0.1) is 18.3 Å². The molecule has 0 aromatic carbocycles. The molecule has 0 N–H and O–H groups in total. The van der Waals surface area contributed by atoms with Crippen molar-refractivity contribution in [2.45, 2.75) is 13.8 Å². The third kappa shape index (κ3) is 2.21. The Kier molecular flexibility index (Phi) is 2.60. The molecule has 0 bridgehead atoms. The Bertz CT molecular complexity index is 345. The van der Waals surface area contributed by atoms with E-state index >= 15 is 0 Å². The number of allylic oxidation sites excluding steroid dienone is 1. The summed E-state index contributed by atoms with van der Waals surface area (Å²) < 4.78 is 0. The Hall–Kier alpha value is -1.62. The summed E-state index contributed by atoms with van der Waals surface area (Å²) in [7, 11) is 0. The van der Waals surface area contributed by atoms with Crippen LogP contribution in [-0.2, 0) is 0 Å². The quantitative estimate of drug-likeness (QED) is 0.588. The summed E-state index contributed by atoms with van der Waals surface area (Å²) in [5.74, 6) is 0. The zero-order valence-corrected chi connectivity index (χ0v) is 7.20. The molecule has 1 aromatic heterocycles. The Balaban J connectivity index is 2.99. The average Bonchev–Trinajstić information content (AvgIpc) is 2.04. The number of aryl methyl sites for hydroxylation is 1. The zero-order chi connectivity index (χ0) is 8.97. The molecule has 0 saturated carbocycles. The fourth-order valence-corrected chi connectivity index (χ4v) is 0.940. The molecule has 0 saturated heterocycles. The van der Waals surface area contributed by atoms with Crippen molar-refractivity contribution in [3.05, 3.63) is 35.2 Å². The summed E-state index contributed by atoms with van der Waals surface area (Å²) >= 11 is 0. The molecule has 0 aliphatic rings. The highest BCUT2D eigenvalue weighted by Gasteiger charge is 1.90. The molecule has 2 heteroatoms. The summed E-state index contributed by atoms with van der Waals surface area (Å²) in [6.07, 6.45) is 3.58. The van der Waals surface area contributed by atoms with Crippen molar-refractivity contribution in [3.8, 4) is 6.07 Å². The fourth-order valence-electron chi connectivity index (χ4n) is 0.940. The van der Waals surface area contributed by atoms with Gasteiger partial charge in [0.05, 0.1) is 6.07 Å². The van der Waals surface area contributed by atoms with Crippen molar-refractivity contribution >= 4 is 6.08 Å². The van der Waals surface area contributed by atoms with Crippen molar-refractivity contribution < 1.29 is 0 Å². The Morgan fingerprint density at radius 3 is 3.00 bits per heavy atom. The molecule has 1 heterocycles. The minimum absolute atomic E-state index is 0.709. The van der Waals surface area contributed by atoms with Gasteiger partial charge < -0.3 is 0 Å². The van der Waals surface area contributed by atoms with Gasteiger partial charge in [-0.2, -0.15) is 5.26 Å². The molecule has 0 radical (unpaired) electrons. The first-order valence-corrected chi connectivity index (χ1v) is 3.73. The highest BCUT2D eigenvalue weighted by atomic mass is 14.6. The van der Waals surface area contributed by atoms with Gasteiger partial charge >= 0.3 is 0 Å². The molecule has 0 aliphatic heterocycles. The summed E-state index contributed by atoms with van der Waals surface area (Å²) in [6.45, 7) is 3.72. The van der Waals surface area contributed by atoms with E-state index in [1.807, 2.05) is 25.1 Å². The highest BCUT2D eigenvalue weighted by molar-refractivity contribution is 5.55. The van der Waals surface area contributed by atoms with E-state index < -0.39 is 0 Å². The van der Waals surface area contributed by atoms with Gasteiger partial charge in [-0.3, -0.25) is 4.98 Å². The lowest BCUT2D eigenvalue weighted by molar-refractivity contribution is 1.20. The van der Waals surface area contributed by atoms with E-state index in [-0.39, 0.29) is 0 Å². The average molecular weight is 158 g/mol. The fraction of sp³-hybridized carbons (Fsp3) is 0.200. The number of nitriles is 1. The van der Waals surface area contributed by atoms with E-state index in [0.29, 0.717) is 5.57 Å². The van der Waals surface area contributed by atoms with Crippen LogP contribution in [-0.4, -0.2) is 4.98 Å². The van der Waals surface area contributed by atoms with Gasteiger partial charge in [0.25, 0.3) is 0 Å². The molecule has 60 valence electrons. The largest absolute Gasteiger partial charge is 0.262 e. The molecule has 1 aromatic rings. The summed E-state index contributed by atoms with van der Waals surface area (Å²) in [4.78, 5) is 4.06. The van der Waals surface area contributed by atoms with Gasteiger partial charge in [-0.25, -0.2) is 0 Å². The normalized spacial score (nSPS) is 10.9. The second-order valence-electron chi connectivity index (χ2n) is 2.67. The van der Waals surface area contributed by atoms with Gasteiger partial charge in [-0.15, -0.1) is 0 Å². The van der Waals surface area contributed by atoms with Crippen LogP contribution in [0.15, 0.2) is 23.9 Å². The predicted molar refractivity (Wildman–Crippen MR) is 48.2 cm³/mol. The lowest BCUT2D eigenvalue weighted by atomic mass is 10.2. The van der Waals surface area contributed by atoms with E-state index in [1.165, 1.54) is 0 Å². The molecular formula is C10H10N2. The van der Waals surface area contributed by atoms with Crippen molar-refractivity contribution in [1.82, 2.24) is 4.98 Å². The number of rotatable bonds is 1. The van der Waals surface area contributed by atoms with Crippen molar-refractivity contribution in [1.29, 1.82) is 5.26 Å². The molecular weight excluding hydrogens is 148 g/mol. The molecule has 0 fully saturated rings. The predicted octanol–water partition coefficient (Wildman–Crippen LogP) is 2.32. The maximum absolute atomic E-state index is 8.53. The topological polar surface area (TPSA) is 36.7 Å². The number of hydrogen-bond acceptors (Lipinski definition) is 2. The molecule has 12 heavy (non-hydrogen) atoms. The van der Waals surface area contributed by atoms with Crippen LogP contribution >= 0.6 is 0 Å². The van der Waals surface area contributed by atoms with Crippen LogP contribution in [0.4, 0.5) is 0 Å². The monoisotopic (exact) mass is 158 g/mol. The smallest absolute Gasteiger partial charge is 0.0944 e. The number of nitrogens with zero attached hydrogens (tertiary/aromatic N) is 2. The SMILES string of the molecule is C/C(C#N)=C/c1ccnc(C)c1. The van der Waals surface area contributed by atoms with Crippen LogP contribution in [0.3, 0.4) is 0 Å². The summed E-state index contributed by atoms with van der Waals surface area (Å²) in [5.41, 5.74) is 2.71. The lowest BCUT2D eigenvalue weighted by Gasteiger charge is -1.94. The molecule has 0 atom stereocenters. The third-order valence-electron chi connectivity index (χ3n) is 1.48. The van der Waals surface area contributed by atoms with Gasteiger partial charge in [0.1, 0.15) is 0 Å². The zero-order valence-electron chi connectivity index (χ0n) is 7.20. The maximum atomic E-state index is 8.53. The van der Waals surface area contributed by atoms with Gasteiger partial charge in [0.2, 0.25) is 0 Å². The first kappa shape index (κ1) is 8.48. The summed E-state index contributed by atoms with van der Waals surface area (Å²) in [6, 6.07) is 5.90. The summed E-state index contributed by atoms with van der Waals surface area (Å²) in [5, 5.41) is 8.53. The van der Waals surface area contributed by atoms with E-state index in [9.17, 15) is 0 Å². The van der Waals surface area contributed by atoms with Crippen molar-refractivity contribution in [2.75, 3.05) is 0 Å². The highest BCUT2D eigenvalue weighted by Crippen LogP contribution is 2.05. The van der Waals surface area contributed by atoms with Gasteiger partial charge in [-0.05, 0) is 37.6 Å². The van der Waals surface area contributed by atoms with Crippen LogP contribution in [0.25, 0.3) is 6.08 Å². The molecule has 0 aliphatic carbocycles. The van der Waals surface area contributed by atoms with Crippen molar-refractivity contribution in [2.24, 2.45) is 0 Å². The standard InChI is InChI=1S/C10H10N2/c1-8(7-11)5-10-3-4-12-9(2)6-10/h3-6H,1-2H3/b8-5-. The Labute approximate surface area is 72.2 Å². The third-order valence-corrected chi connectivity index (χ3v) is 1.48. The van der Waals surface area contributed by atoms with Crippen LogP contribution in [0.1, 0.15) is 18.2 Å². The van der Waals surface area contributed by atoms with Crippen molar-refractivity contribution in [3.63, 3.8) is 0 Å². The second-order valence-corrected chi connectivity index (χ2v) is 2.67. The van der Waals surface area contributed by atoms with E-state index in [2.05, 4.69) is 11.1 Å². The van der Waals surface area contributed by atoms with E-state index in [0.717, 1.165) is 11.3 Å². The molecule has 0 amide bonds. The van der Waals surface area contributed by atoms with Crippen LogP contribution in [0.5, 0.6) is 0 Å². The molecule has 1 rings (SSSR count). The van der Waals surface area contributed by atoms with E-state index in [4.69, 9.17) is 5.26 Å². The first-order valence-electron chi connectivity index (χ1n) is 3.73. The number of hydrogen-bond donors (Lipinski definition) is 0. The Morgan fingerprint density at radius 2 is 2.42 bits per heavy atom. The van der Waals surface area contributed by atoms with Gasteiger partial charge in [-0.1, -0.05) is 0 Å². The van der Waals surface area contributed by atoms with Gasteiger partial charge in [0.15, 0.2) is 0 Å². The molecule has 2 nitrogen and oxygen atoms in total.